The zero-order valence-corrected chi connectivity index (χ0v) is 9.91. The number of carbonyl (C=O) groups is 1. The predicted octanol–water partition coefficient (Wildman–Crippen LogP) is 1.92. The third-order valence-electron chi connectivity index (χ3n) is 2.09. The molecule has 2 aromatic heterocycles. The van der Waals surface area contributed by atoms with Crippen LogP contribution in [-0.2, 0) is 6.54 Å². The molecule has 2 heterocycles. The van der Waals surface area contributed by atoms with Crippen molar-refractivity contribution in [3.63, 3.8) is 0 Å². The van der Waals surface area contributed by atoms with Crippen molar-refractivity contribution in [3.8, 4) is 0 Å². The van der Waals surface area contributed by atoms with Gasteiger partial charge in [-0.15, -0.1) is 11.3 Å². The van der Waals surface area contributed by atoms with Gasteiger partial charge >= 0.3 is 0 Å². The second kappa shape index (κ2) is 4.44. The molecular formula is C10H12N4OS. The SMILES string of the molecule is CCn1nccc1C(=O)Nc1ncc(C)s1. The molecule has 0 aliphatic carbocycles. The average Bonchev–Trinajstić information content (AvgIpc) is 2.86. The highest BCUT2D eigenvalue weighted by atomic mass is 32.1. The maximum absolute atomic E-state index is 11.9. The number of amides is 1. The van der Waals surface area contributed by atoms with E-state index < -0.39 is 0 Å². The summed E-state index contributed by atoms with van der Waals surface area (Å²) in [6.45, 7) is 4.56. The zero-order chi connectivity index (χ0) is 11.5. The first kappa shape index (κ1) is 10.8. The van der Waals surface area contributed by atoms with Crippen LogP contribution in [0, 0.1) is 6.92 Å². The Balaban J connectivity index is 2.14. The number of aromatic nitrogens is 3. The van der Waals surface area contributed by atoms with Crippen LogP contribution in [0.5, 0.6) is 0 Å². The van der Waals surface area contributed by atoms with Crippen molar-refractivity contribution in [1.29, 1.82) is 0 Å². The van der Waals surface area contributed by atoms with E-state index in [2.05, 4.69) is 15.4 Å². The lowest BCUT2D eigenvalue weighted by atomic mass is 10.4. The number of thiazole rings is 1. The topological polar surface area (TPSA) is 59.8 Å². The first-order chi connectivity index (χ1) is 7.70. The van der Waals surface area contributed by atoms with E-state index >= 15 is 0 Å². The van der Waals surface area contributed by atoms with Crippen LogP contribution in [0.4, 0.5) is 5.13 Å². The molecule has 0 aromatic carbocycles. The Kier molecular flexibility index (Phi) is 3.00. The van der Waals surface area contributed by atoms with Crippen molar-refractivity contribution in [2.45, 2.75) is 20.4 Å². The van der Waals surface area contributed by atoms with Crippen LogP contribution >= 0.6 is 11.3 Å². The van der Waals surface area contributed by atoms with Crippen molar-refractivity contribution in [1.82, 2.24) is 14.8 Å². The lowest BCUT2D eigenvalue weighted by molar-refractivity contribution is 0.101. The fourth-order valence-electron chi connectivity index (χ4n) is 1.35. The van der Waals surface area contributed by atoms with Crippen molar-refractivity contribution in [2.75, 3.05) is 5.32 Å². The van der Waals surface area contributed by atoms with Crippen LogP contribution in [0.3, 0.4) is 0 Å². The van der Waals surface area contributed by atoms with Crippen molar-refractivity contribution >= 4 is 22.4 Å². The number of nitrogens with zero attached hydrogens (tertiary/aromatic N) is 3. The van der Waals surface area contributed by atoms with E-state index in [4.69, 9.17) is 0 Å². The molecule has 0 saturated carbocycles. The van der Waals surface area contributed by atoms with Crippen molar-refractivity contribution < 1.29 is 4.79 Å². The Morgan fingerprint density at radius 3 is 3.06 bits per heavy atom. The predicted molar refractivity (Wildman–Crippen MR) is 62.7 cm³/mol. The summed E-state index contributed by atoms with van der Waals surface area (Å²) in [7, 11) is 0. The first-order valence-electron chi connectivity index (χ1n) is 4.96. The van der Waals surface area contributed by atoms with E-state index in [1.54, 1.807) is 23.1 Å². The van der Waals surface area contributed by atoms with Crippen molar-refractivity contribution in [3.05, 3.63) is 29.0 Å². The van der Waals surface area contributed by atoms with Gasteiger partial charge in [0.15, 0.2) is 5.13 Å². The van der Waals surface area contributed by atoms with Gasteiger partial charge in [0, 0.05) is 23.8 Å². The van der Waals surface area contributed by atoms with E-state index in [1.165, 1.54) is 11.3 Å². The van der Waals surface area contributed by atoms with Crippen LogP contribution in [-0.4, -0.2) is 20.7 Å². The smallest absolute Gasteiger partial charge is 0.275 e. The number of hydrogen-bond acceptors (Lipinski definition) is 4. The molecule has 0 spiro atoms. The first-order valence-corrected chi connectivity index (χ1v) is 5.78. The number of carbonyl (C=O) groups excluding carboxylic acids is 1. The summed E-state index contributed by atoms with van der Waals surface area (Å²) in [6.07, 6.45) is 3.35. The molecule has 0 fully saturated rings. The van der Waals surface area contributed by atoms with Gasteiger partial charge in [0.1, 0.15) is 5.69 Å². The lowest BCUT2D eigenvalue weighted by Crippen LogP contribution is -2.17. The highest BCUT2D eigenvalue weighted by molar-refractivity contribution is 7.15. The van der Waals surface area contributed by atoms with Gasteiger partial charge in [0.05, 0.1) is 0 Å². The summed E-state index contributed by atoms with van der Waals surface area (Å²) in [4.78, 5) is 17.0. The Labute approximate surface area is 97.1 Å². The van der Waals surface area contributed by atoms with Crippen LogP contribution < -0.4 is 5.32 Å². The summed E-state index contributed by atoms with van der Waals surface area (Å²) >= 11 is 1.45. The van der Waals surface area contributed by atoms with Gasteiger partial charge < -0.3 is 0 Å². The van der Waals surface area contributed by atoms with Crippen LogP contribution in [0.15, 0.2) is 18.5 Å². The molecule has 0 atom stereocenters. The Morgan fingerprint density at radius 1 is 1.62 bits per heavy atom. The molecule has 1 N–H and O–H groups in total. The van der Waals surface area contributed by atoms with Gasteiger partial charge in [-0.05, 0) is 19.9 Å². The molecule has 0 aliphatic rings. The molecule has 2 rings (SSSR count). The summed E-state index contributed by atoms with van der Waals surface area (Å²) in [5.74, 6) is -0.172. The lowest BCUT2D eigenvalue weighted by Gasteiger charge is -2.03. The molecular weight excluding hydrogens is 224 g/mol. The third-order valence-corrected chi connectivity index (χ3v) is 2.92. The minimum Gasteiger partial charge on any atom is -0.296 e. The molecule has 2 aromatic rings. The van der Waals surface area contributed by atoms with E-state index in [9.17, 15) is 4.79 Å². The number of anilines is 1. The average molecular weight is 236 g/mol. The second-order valence-corrected chi connectivity index (χ2v) is 4.50. The Bertz CT molecular complexity index is 502. The van der Waals surface area contributed by atoms with Crippen LogP contribution in [0.2, 0.25) is 0 Å². The fourth-order valence-corrected chi connectivity index (χ4v) is 2.01. The van der Waals surface area contributed by atoms with Crippen LogP contribution in [0.1, 0.15) is 22.3 Å². The number of hydrogen-bond donors (Lipinski definition) is 1. The molecule has 0 saturated heterocycles. The molecule has 5 nitrogen and oxygen atoms in total. The Morgan fingerprint density at radius 2 is 2.44 bits per heavy atom. The van der Waals surface area contributed by atoms with E-state index in [1.807, 2.05) is 13.8 Å². The molecule has 6 heteroatoms. The van der Waals surface area contributed by atoms with Gasteiger partial charge in [0.25, 0.3) is 5.91 Å². The largest absolute Gasteiger partial charge is 0.296 e. The number of nitrogens with one attached hydrogen (secondary N) is 1. The van der Waals surface area contributed by atoms with Gasteiger partial charge in [-0.3, -0.25) is 14.8 Å². The maximum Gasteiger partial charge on any atom is 0.275 e. The minimum atomic E-state index is -0.172. The second-order valence-electron chi connectivity index (χ2n) is 3.26. The summed E-state index contributed by atoms with van der Waals surface area (Å²) in [5, 5.41) is 7.41. The van der Waals surface area contributed by atoms with Gasteiger partial charge in [-0.25, -0.2) is 4.98 Å². The highest BCUT2D eigenvalue weighted by Crippen LogP contribution is 2.17. The molecule has 0 bridgehead atoms. The molecule has 84 valence electrons. The van der Waals surface area contributed by atoms with E-state index in [0.29, 0.717) is 17.4 Å². The maximum atomic E-state index is 11.9. The van der Waals surface area contributed by atoms with Gasteiger partial charge in [-0.2, -0.15) is 5.10 Å². The quantitative estimate of drug-likeness (QED) is 0.885. The normalized spacial score (nSPS) is 10.4. The monoisotopic (exact) mass is 236 g/mol. The van der Waals surface area contributed by atoms with Gasteiger partial charge in [-0.1, -0.05) is 0 Å². The Hall–Kier alpha value is -1.69. The number of aryl methyl sites for hydroxylation is 2. The third kappa shape index (κ3) is 2.11. The number of rotatable bonds is 3. The van der Waals surface area contributed by atoms with Crippen LogP contribution in [0.25, 0.3) is 0 Å². The summed E-state index contributed by atoms with van der Waals surface area (Å²) in [5.41, 5.74) is 0.551. The fraction of sp³-hybridized carbons (Fsp3) is 0.300. The molecule has 1 amide bonds. The summed E-state index contributed by atoms with van der Waals surface area (Å²) < 4.78 is 1.65. The van der Waals surface area contributed by atoms with Gasteiger partial charge in [0.2, 0.25) is 0 Å². The standard InChI is InChI=1S/C10H12N4OS/c1-3-14-8(4-5-12-14)9(15)13-10-11-6-7(2)16-10/h4-6H,3H2,1-2H3,(H,11,13,15). The van der Waals surface area contributed by atoms with E-state index in [-0.39, 0.29) is 5.91 Å². The highest BCUT2D eigenvalue weighted by Gasteiger charge is 2.12. The van der Waals surface area contributed by atoms with E-state index in [0.717, 1.165) is 4.88 Å². The molecule has 16 heavy (non-hydrogen) atoms. The van der Waals surface area contributed by atoms with Crippen molar-refractivity contribution in [2.24, 2.45) is 0 Å². The molecule has 0 radical (unpaired) electrons. The molecule has 0 unspecified atom stereocenters. The molecule has 0 aliphatic heterocycles. The summed E-state index contributed by atoms with van der Waals surface area (Å²) in [6, 6.07) is 1.69. The zero-order valence-electron chi connectivity index (χ0n) is 9.10. The minimum absolute atomic E-state index is 0.172.